The Kier molecular flexibility index (Phi) is 3.91. The van der Waals surface area contributed by atoms with E-state index in [-0.39, 0.29) is 10.6 Å². The SMILES string of the molecule is Cc1cc(C)c2c(c1)N(S(=O)(=O)c1cc(C(N)=O)n(C)c1)CCC2. The second-order valence-electron chi connectivity index (χ2n) is 6.30. The summed E-state index contributed by atoms with van der Waals surface area (Å²) < 4.78 is 29.1. The highest BCUT2D eigenvalue weighted by Gasteiger charge is 2.31. The standard InChI is InChI=1S/C17H21N3O3S/c1-11-7-12(2)14-5-4-6-20(15(14)8-11)24(22,23)13-9-16(17(18)21)19(3)10-13/h7-10H,4-6H2,1-3H3,(H2,18,21). The molecule has 2 N–H and O–H groups in total. The number of fused-ring (bicyclic) bond motifs is 1. The smallest absolute Gasteiger partial charge is 0.265 e. The minimum absolute atomic E-state index is 0.0887. The van der Waals surface area contributed by atoms with E-state index in [9.17, 15) is 13.2 Å². The molecule has 0 saturated carbocycles. The van der Waals surface area contributed by atoms with E-state index in [2.05, 4.69) is 6.07 Å². The van der Waals surface area contributed by atoms with Crippen molar-refractivity contribution < 1.29 is 13.2 Å². The molecule has 0 atom stereocenters. The van der Waals surface area contributed by atoms with E-state index in [1.807, 2.05) is 19.9 Å². The van der Waals surface area contributed by atoms with Crippen molar-refractivity contribution in [3.05, 3.63) is 46.8 Å². The van der Waals surface area contributed by atoms with Crippen LogP contribution in [0, 0.1) is 13.8 Å². The summed E-state index contributed by atoms with van der Waals surface area (Å²) in [4.78, 5) is 11.5. The Morgan fingerprint density at radius 2 is 1.92 bits per heavy atom. The van der Waals surface area contributed by atoms with Gasteiger partial charge in [0.1, 0.15) is 10.6 Å². The molecule has 0 spiro atoms. The molecule has 3 rings (SSSR count). The number of carbonyl (C=O) groups excluding carboxylic acids is 1. The Morgan fingerprint density at radius 3 is 2.54 bits per heavy atom. The van der Waals surface area contributed by atoms with Crippen LogP contribution in [0.25, 0.3) is 0 Å². The van der Waals surface area contributed by atoms with E-state index in [1.165, 1.54) is 21.1 Å². The third kappa shape index (κ3) is 2.58. The molecule has 128 valence electrons. The highest BCUT2D eigenvalue weighted by Crippen LogP contribution is 2.35. The Morgan fingerprint density at radius 1 is 1.21 bits per heavy atom. The van der Waals surface area contributed by atoms with E-state index in [0.29, 0.717) is 6.54 Å². The molecule has 7 heteroatoms. The highest BCUT2D eigenvalue weighted by molar-refractivity contribution is 7.92. The van der Waals surface area contributed by atoms with Crippen LogP contribution < -0.4 is 10.0 Å². The average Bonchev–Trinajstić information content (AvgIpc) is 2.89. The number of aromatic nitrogens is 1. The second kappa shape index (κ2) is 5.66. The summed E-state index contributed by atoms with van der Waals surface area (Å²) in [7, 11) is -2.13. The molecule has 1 aromatic carbocycles. The van der Waals surface area contributed by atoms with Gasteiger partial charge in [0.15, 0.2) is 0 Å². The van der Waals surface area contributed by atoms with Crippen LogP contribution >= 0.6 is 0 Å². The van der Waals surface area contributed by atoms with Crippen molar-refractivity contribution in [2.45, 2.75) is 31.6 Å². The van der Waals surface area contributed by atoms with E-state index >= 15 is 0 Å². The largest absolute Gasteiger partial charge is 0.364 e. The fourth-order valence-corrected chi connectivity index (χ4v) is 4.94. The molecule has 0 aliphatic carbocycles. The molecule has 2 aromatic rings. The van der Waals surface area contributed by atoms with Crippen LogP contribution in [0.1, 0.15) is 33.6 Å². The molecular formula is C17H21N3O3S. The number of amides is 1. The maximum absolute atomic E-state index is 13.1. The quantitative estimate of drug-likeness (QED) is 0.920. The predicted molar refractivity (Wildman–Crippen MR) is 92.7 cm³/mol. The molecule has 0 bridgehead atoms. The van der Waals surface area contributed by atoms with Crippen molar-refractivity contribution in [3.63, 3.8) is 0 Å². The lowest BCUT2D eigenvalue weighted by Crippen LogP contribution is -2.35. The zero-order valence-electron chi connectivity index (χ0n) is 14.0. The summed E-state index contributed by atoms with van der Waals surface area (Å²) in [5, 5.41) is 0. The fourth-order valence-electron chi connectivity index (χ4n) is 3.34. The highest BCUT2D eigenvalue weighted by atomic mass is 32.2. The Labute approximate surface area is 141 Å². The molecular weight excluding hydrogens is 326 g/mol. The topological polar surface area (TPSA) is 85.4 Å². The van der Waals surface area contributed by atoms with Crippen LogP contribution in [0.2, 0.25) is 0 Å². The van der Waals surface area contributed by atoms with Crippen molar-refractivity contribution in [1.82, 2.24) is 4.57 Å². The zero-order chi connectivity index (χ0) is 17.6. The van der Waals surface area contributed by atoms with Crippen LogP contribution in [-0.2, 0) is 23.5 Å². The average molecular weight is 347 g/mol. The van der Waals surface area contributed by atoms with E-state index in [4.69, 9.17) is 5.73 Å². The number of rotatable bonds is 3. The molecule has 1 aromatic heterocycles. The van der Waals surface area contributed by atoms with Gasteiger partial charge < -0.3 is 10.3 Å². The number of aryl methyl sites for hydroxylation is 3. The van der Waals surface area contributed by atoms with Crippen molar-refractivity contribution in [1.29, 1.82) is 0 Å². The van der Waals surface area contributed by atoms with Gasteiger partial charge >= 0.3 is 0 Å². The van der Waals surface area contributed by atoms with Gasteiger partial charge in [-0.3, -0.25) is 9.10 Å². The predicted octanol–water partition coefficient (Wildman–Crippen LogP) is 1.88. The van der Waals surface area contributed by atoms with Crippen molar-refractivity contribution in [2.75, 3.05) is 10.8 Å². The Balaban J connectivity index is 2.13. The van der Waals surface area contributed by atoms with Crippen molar-refractivity contribution in [2.24, 2.45) is 12.8 Å². The first-order chi connectivity index (χ1) is 11.2. The Hall–Kier alpha value is -2.28. The molecule has 1 aliphatic rings. The summed E-state index contributed by atoms with van der Waals surface area (Å²) in [5.74, 6) is -0.648. The number of sulfonamides is 1. The van der Waals surface area contributed by atoms with Gasteiger partial charge in [-0.15, -0.1) is 0 Å². The molecule has 2 heterocycles. The van der Waals surface area contributed by atoms with Gasteiger partial charge in [-0.1, -0.05) is 6.07 Å². The van der Waals surface area contributed by atoms with Gasteiger partial charge in [0, 0.05) is 19.8 Å². The maximum atomic E-state index is 13.1. The third-order valence-electron chi connectivity index (χ3n) is 4.47. The number of benzene rings is 1. The number of hydrogen-bond donors (Lipinski definition) is 1. The fraction of sp³-hybridized carbons (Fsp3) is 0.353. The molecule has 0 unspecified atom stereocenters. The molecule has 1 aliphatic heterocycles. The van der Waals surface area contributed by atoms with Crippen molar-refractivity contribution in [3.8, 4) is 0 Å². The molecule has 6 nitrogen and oxygen atoms in total. The van der Waals surface area contributed by atoms with E-state index in [0.717, 1.165) is 35.2 Å². The summed E-state index contributed by atoms with van der Waals surface area (Å²) in [5.41, 5.74) is 9.41. The van der Waals surface area contributed by atoms with Crippen LogP contribution in [-0.4, -0.2) is 25.4 Å². The molecule has 0 fully saturated rings. The molecule has 24 heavy (non-hydrogen) atoms. The Bertz CT molecular complexity index is 929. The minimum Gasteiger partial charge on any atom is -0.364 e. The number of nitrogens with zero attached hydrogens (tertiary/aromatic N) is 2. The zero-order valence-corrected chi connectivity index (χ0v) is 14.9. The number of nitrogens with two attached hydrogens (primary N) is 1. The molecule has 0 saturated heterocycles. The lowest BCUT2D eigenvalue weighted by atomic mass is 9.96. The number of anilines is 1. The number of primary amides is 1. The summed E-state index contributed by atoms with van der Waals surface area (Å²) in [6, 6.07) is 5.33. The maximum Gasteiger partial charge on any atom is 0.265 e. The lowest BCUT2D eigenvalue weighted by Gasteiger charge is -2.31. The van der Waals surface area contributed by atoms with Crippen LogP contribution in [0.5, 0.6) is 0 Å². The third-order valence-corrected chi connectivity index (χ3v) is 6.25. The van der Waals surface area contributed by atoms with Gasteiger partial charge in [0.05, 0.1) is 5.69 Å². The van der Waals surface area contributed by atoms with Crippen LogP contribution in [0.15, 0.2) is 29.3 Å². The normalized spacial score (nSPS) is 14.5. The van der Waals surface area contributed by atoms with Gasteiger partial charge in [0.25, 0.3) is 15.9 Å². The second-order valence-corrected chi connectivity index (χ2v) is 8.16. The summed E-state index contributed by atoms with van der Waals surface area (Å²) >= 11 is 0. The first kappa shape index (κ1) is 16.6. The van der Waals surface area contributed by atoms with E-state index < -0.39 is 15.9 Å². The first-order valence-electron chi connectivity index (χ1n) is 7.81. The lowest BCUT2D eigenvalue weighted by molar-refractivity contribution is 0.0992. The number of carbonyl (C=O) groups is 1. The monoisotopic (exact) mass is 347 g/mol. The minimum atomic E-state index is -3.74. The summed E-state index contributed by atoms with van der Waals surface area (Å²) in [6.07, 6.45) is 3.08. The van der Waals surface area contributed by atoms with Crippen LogP contribution in [0.3, 0.4) is 0 Å². The molecule has 0 radical (unpaired) electrons. The molecule has 1 amide bonds. The van der Waals surface area contributed by atoms with Gasteiger partial charge in [-0.05, 0) is 55.5 Å². The van der Waals surface area contributed by atoms with Crippen molar-refractivity contribution >= 4 is 21.6 Å². The summed E-state index contributed by atoms with van der Waals surface area (Å²) in [6.45, 7) is 4.40. The van der Waals surface area contributed by atoms with Gasteiger partial charge in [0.2, 0.25) is 0 Å². The van der Waals surface area contributed by atoms with Gasteiger partial charge in [-0.25, -0.2) is 8.42 Å². The first-order valence-corrected chi connectivity index (χ1v) is 9.25. The van der Waals surface area contributed by atoms with E-state index in [1.54, 1.807) is 7.05 Å². The van der Waals surface area contributed by atoms with Crippen LogP contribution in [0.4, 0.5) is 5.69 Å². The van der Waals surface area contributed by atoms with Gasteiger partial charge in [-0.2, -0.15) is 0 Å². The number of hydrogen-bond acceptors (Lipinski definition) is 3.